The quantitative estimate of drug-likeness (QED) is 0.388. The largest absolute Gasteiger partial charge is 4.00 e. The molecule has 0 aromatic heterocycles. The van der Waals surface area contributed by atoms with Gasteiger partial charge in [0.25, 0.3) is 0 Å². The fraction of sp³-hybridized carbons (Fsp3) is 0.500. The number of imide groups is 4. The van der Waals surface area contributed by atoms with E-state index in [4.69, 9.17) is 0 Å². The molecule has 0 bridgehead atoms. The van der Waals surface area contributed by atoms with Gasteiger partial charge in [-0.2, -0.15) is 0 Å². The van der Waals surface area contributed by atoms with Crippen LogP contribution < -0.4 is 0 Å². The van der Waals surface area contributed by atoms with Crippen LogP contribution in [0.2, 0.25) is 0 Å². The van der Waals surface area contributed by atoms with E-state index in [-0.39, 0.29) is 25.8 Å². The van der Waals surface area contributed by atoms with Gasteiger partial charge in [-0.05, 0) is 55.4 Å². The summed E-state index contributed by atoms with van der Waals surface area (Å²) in [4.78, 5) is 78.9. The minimum Gasteiger partial charge on any atom is -0.596 e. The van der Waals surface area contributed by atoms with Crippen LogP contribution in [0, 0.1) is 0 Å². The summed E-state index contributed by atoms with van der Waals surface area (Å²) in [5.41, 5.74) is 0. The summed E-state index contributed by atoms with van der Waals surface area (Å²) in [6, 6.07) is 0. The molecule has 0 heterocycles. The third-order valence-electron chi connectivity index (χ3n) is 1.26. The van der Waals surface area contributed by atoms with Crippen molar-refractivity contribution < 1.29 is 64.2 Å². The topological polar surface area (TPSA) is 193 Å². The Labute approximate surface area is 188 Å². The number of hydrogen-bond acceptors (Lipinski definition) is 8. The fourth-order valence-electron chi connectivity index (χ4n) is 0.887. The first kappa shape index (κ1) is 37.2. The summed E-state index contributed by atoms with van der Waals surface area (Å²) in [6.45, 7) is 9.90. The number of nitrogens with zero attached hydrogens (tertiary/aromatic N) is 4. The SMILES string of the molecule is CC(=O)[N-]C(C)=O.CC(=O)[N-]C(C)=O.CC(=O)[N-]C(C)=O.CC(=O)[N-]C(C)=O.[Hf+4]. The summed E-state index contributed by atoms with van der Waals surface area (Å²) in [5, 5.41) is 12.0. The molecule has 0 saturated heterocycles. The van der Waals surface area contributed by atoms with Crippen LogP contribution in [0.5, 0.6) is 0 Å². The Bertz CT molecular complexity index is 454. The molecular weight excluding hydrogens is 555 g/mol. The van der Waals surface area contributed by atoms with Gasteiger partial charge in [0.2, 0.25) is 0 Å². The van der Waals surface area contributed by atoms with Gasteiger partial charge in [0, 0.05) is 0 Å². The summed E-state index contributed by atoms with van der Waals surface area (Å²) < 4.78 is 0. The summed E-state index contributed by atoms with van der Waals surface area (Å²) in [7, 11) is 0. The molecule has 0 saturated carbocycles. The van der Waals surface area contributed by atoms with Crippen molar-refractivity contribution in [1.29, 1.82) is 0 Å². The van der Waals surface area contributed by atoms with Crippen molar-refractivity contribution in [3.8, 4) is 0 Å². The van der Waals surface area contributed by atoms with E-state index in [0.29, 0.717) is 0 Å². The van der Waals surface area contributed by atoms with Gasteiger partial charge >= 0.3 is 25.8 Å². The minimum absolute atomic E-state index is 0. The predicted octanol–water partition coefficient (Wildman–Crippen LogP) is 1.81. The van der Waals surface area contributed by atoms with Crippen molar-refractivity contribution in [3.05, 3.63) is 21.3 Å². The molecule has 0 aliphatic carbocycles. The third-order valence-corrected chi connectivity index (χ3v) is 1.26. The molecule has 0 fully saturated rings. The number of carbonyl (C=O) groups is 8. The number of amides is 8. The van der Waals surface area contributed by atoms with Crippen LogP contribution in [0.3, 0.4) is 0 Å². The molecule has 0 radical (unpaired) electrons. The Morgan fingerprint density at radius 1 is 0.310 bits per heavy atom. The van der Waals surface area contributed by atoms with Crippen LogP contribution in [-0.4, -0.2) is 47.3 Å². The first-order chi connectivity index (χ1) is 12.5. The first-order valence-corrected chi connectivity index (χ1v) is 7.42. The van der Waals surface area contributed by atoms with Crippen LogP contribution in [0.15, 0.2) is 0 Å². The van der Waals surface area contributed by atoms with E-state index in [1.807, 2.05) is 0 Å². The standard InChI is InChI=1S/4C4H7NO2.Hf/c4*1-3(6)5-4(2)7;/h4*1-2H3,(H,5,6,7);/q;;;;+4/p-4. The van der Waals surface area contributed by atoms with Crippen LogP contribution in [0.25, 0.3) is 21.3 Å². The molecule has 0 N–H and O–H groups in total. The van der Waals surface area contributed by atoms with Gasteiger partial charge in [0.1, 0.15) is 0 Å². The van der Waals surface area contributed by atoms with Crippen molar-refractivity contribution in [1.82, 2.24) is 0 Å². The molecule has 160 valence electrons. The maximum Gasteiger partial charge on any atom is 4.00 e. The molecule has 0 atom stereocenters. The molecule has 0 unspecified atom stereocenters. The summed E-state index contributed by atoms with van der Waals surface area (Å²) in [6.07, 6.45) is 0. The van der Waals surface area contributed by atoms with E-state index < -0.39 is 47.3 Å². The fourth-order valence-corrected chi connectivity index (χ4v) is 0.887. The van der Waals surface area contributed by atoms with Gasteiger partial charge in [-0.3, -0.25) is 0 Å². The van der Waals surface area contributed by atoms with Gasteiger partial charge in [-0.25, -0.2) is 0 Å². The normalized spacial score (nSPS) is 7.45. The van der Waals surface area contributed by atoms with Crippen LogP contribution in [0.1, 0.15) is 55.4 Å². The molecular formula is C16H24HfN4O8. The van der Waals surface area contributed by atoms with Crippen molar-refractivity contribution in [3.63, 3.8) is 0 Å². The third kappa shape index (κ3) is 77.4. The van der Waals surface area contributed by atoms with E-state index >= 15 is 0 Å². The van der Waals surface area contributed by atoms with Crippen LogP contribution >= 0.6 is 0 Å². The zero-order chi connectivity index (χ0) is 23.4. The molecule has 13 heteroatoms. The number of carbonyl (C=O) groups excluding carboxylic acids is 8. The average molecular weight is 579 g/mol. The van der Waals surface area contributed by atoms with Gasteiger partial charge in [-0.15, -0.1) is 0 Å². The molecule has 0 rings (SSSR count). The zero-order valence-corrected chi connectivity index (χ0v) is 21.1. The van der Waals surface area contributed by atoms with Crippen LogP contribution in [-0.2, 0) is 64.2 Å². The second kappa shape index (κ2) is 23.5. The maximum atomic E-state index is 9.87. The van der Waals surface area contributed by atoms with Gasteiger partial charge in [-0.1, -0.05) is 0 Å². The van der Waals surface area contributed by atoms with Crippen molar-refractivity contribution in [2.75, 3.05) is 0 Å². The van der Waals surface area contributed by atoms with Crippen molar-refractivity contribution in [2.24, 2.45) is 0 Å². The smallest absolute Gasteiger partial charge is 0.596 e. The van der Waals surface area contributed by atoms with Crippen molar-refractivity contribution >= 4 is 47.3 Å². The Morgan fingerprint density at radius 3 is 0.379 bits per heavy atom. The van der Waals surface area contributed by atoms with E-state index in [9.17, 15) is 38.4 Å². The van der Waals surface area contributed by atoms with Gasteiger partial charge in [0.15, 0.2) is 0 Å². The van der Waals surface area contributed by atoms with E-state index in [1.54, 1.807) is 0 Å². The monoisotopic (exact) mass is 580 g/mol. The second-order valence-corrected chi connectivity index (χ2v) is 4.60. The molecule has 0 aromatic carbocycles. The molecule has 0 aromatic rings. The predicted molar refractivity (Wildman–Crippen MR) is 98.9 cm³/mol. The van der Waals surface area contributed by atoms with E-state index in [0.717, 1.165) is 0 Å². The van der Waals surface area contributed by atoms with Gasteiger partial charge in [0.05, 0.1) is 47.3 Å². The maximum absolute atomic E-state index is 9.87. The Hall–Kier alpha value is -2.57. The Kier molecular flexibility index (Phi) is 30.1. The van der Waals surface area contributed by atoms with Crippen molar-refractivity contribution in [2.45, 2.75) is 55.4 Å². The molecule has 29 heavy (non-hydrogen) atoms. The minimum atomic E-state index is -0.437. The Morgan fingerprint density at radius 2 is 0.379 bits per heavy atom. The number of hydrogen-bond donors (Lipinski definition) is 0. The summed E-state index contributed by atoms with van der Waals surface area (Å²) >= 11 is 0. The molecule has 0 aliphatic rings. The average Bonchev–Trinajstić information content (AvgIpc) is 2.32. The first-order valence-electron chi connectivity index (χ1n) is 7.42. The molecule has 0 aliphatic heterocycles. The van der Waals surface area contributed by atoms with Crippen LogP contribution in [0.4, 0.5) is 0 Å². The Balaban J connectivity index is -0.0000000873. The van der Waals surface area contributed by atoms with Gasteiger partial charge < -0.3 is 59.6 Å². The van der Waals surface area contributed by atoms with E-state index in [1.165, 1.54) is 55.4 Å². The zero-order valence-electron chi connectivity index (χ0n) is 17.6. The number of rotatable bonds is 0. The summed E-state index contributed by atoms with van der Waals surface area (Å²) in [5.74, 6) is -3.50. The molecule has 12 nitrogen and oxygen atoms in total. The second-order valence-electron chi connectivity index (χ2n) is 4.60. The van der Waals surface area contributed by atoms with E-state index in [2.05, 4.69) is 21.3 Å². The molecule has 8 amide bonds. The molecule has 0 spiro atoms.